The van der Waals surface area contributed by atoms with Crippen LogP contribution in [0.4, 0.5) is 0 Å². The summed E-state index contributed by atoms with van der Waals surface area (Å²) in [6, 6.07) is 54.1. The fourth-order valence-corrected chi connectivity index (χ4v) is 7.58. The third kappa shape index (κ3) is 4.12. The molecule has 0 atom stereocenters. The van der Waals surface area contributed by atoms with E-state index in [1.807, 2.05) is 60.7 Å². The second-order valence-electron chi connectivity index (χ2n) is 12.7. The number of para-hydroxylation sites is 4. The molecule has 0 aliphatic rings. The van der Waals surface area contributed by atoms with Gasteiger partial charge in [-0.15, -0.1) is 0 Å². The summed E-state index contributed by atoms with van der Waals surface area (Å²) in [6.45, 7) is 0. The number of pyridine rings is 1. The minimum absolute atomic E-state index is 0.461. The minimum Gasteiger partial charge on any atom is -0.438 e. The molecule has 7 heteroatoms. The lowest BCUT2D eigenvalue weighted by Gasteiger charge is -2.13. The van der Waals surface area contributed by atoms with Crippen molar-refractivity contribution in [2.24, 2.45) is 0 Å². The van der Waals surface area contributed by atoms with E-state index in [0.29, 0.717) is 29.0 Å². The normalized spacial score (nSPS) is 11.9. The van der Waals surface area contributed by atoms with E-state index < -0.39 is 0 Å². The van der Waals surface area contributed by atoms with Crippen molar-refractivity contribution in [3.8, 4) is 34.5 Å². The van der Waals surface area contributed by atoms with Gasteiger partial charge >= 0.3 is 0 Å². The topological polar surface area (TPSA) is 74.6 Å². The van der Waals surface area contributed by atoms with Gasteiger partial charge in [-0.25, -0.2) is 9.97 Å². The van der Waals surface area contributed by atoms with Crippen LogP contribution in [0.3, 0.4) is 0 Å². The van der Waals surface area contributed by atoms with E-state index in [1.54, 1.807) is 0 Å². The van der Waals surface area contributed by atoms with Crippen molar-refractivity contribution in [2.45, 2.75) is 0 Å². The smallest absolute Gasteiger partial charge is 0.238 e. The van der Waals surface area contributed by atoms with Crippen LogP contribution < -0.4 is 0 Å². The molecule has 0 aliphatic carbocycles. The molecule has 7 nitrogen and oxygen atoms in total. The predicted octanol–water partition coefficient (Wildman–Crippen LogP) is 10.7. The van der Waals surface area contributed by atoms with E-state index in [0.717, 1.165) is 65.8 Å². The Balaban J connectivity index is 1.27. The summed E-state index contributed by atoms with van der Waals surface area (Å²) in [6.07, 6.45) is 0. The van der Waals surface area contributed by atoms with E-state index >= 15 is 0 Å². The second-order valence-corrected chi connectivity index (χ2v) is 12.7. The molecule has 0 aliphatic heterocycles. The average molecular weight is 655 g/mol. The maximum Gasteiger partial charge on any atom is 0.238 e. The zero-order valence-corrected chi connectivity index (χ0v) is 27.1. The maximum absolute atomic E-state index is 6.19. The summed E-state index contributed by atoms with van der Waals surface area (Å²) < 4.78 is 10.7. The van der Waals surface area contributed by atoms with Crippen LogP contribution in [0.5, 0.6) is 0 Å². The van der Waals surface area contributed by atoms with Crippen molar-refractivity contribution < 1.29 is 4.42 Å². The Hall–Kier alpha value is -7.12. The van der Waals surface area contributed by atoms with Crippen molar-refractivity contribution >= 4 is 65.7 Å². The highest BCUT2D eigenvalue weighted by Crippen LogP contribution is 2.41. The Kier molecular flexibility index (Phi) is 5.83. The van der Waals surface area contributed by atoms with Gasteiger partial charge in [-0.2, -0.15) is 9.97 Å². The molecule has 0 N–H and O–H groups in total. The van der Waals surface area contributed by atoms with Gasteiger partial charge in [0.15, 0.2) is 11.6 Å². The fourth-order valence-electron chi connectivity index (χ4n) is 7.58. The summed E-state index contributed by atoms with van der Waals surface area (Å²) in [5.74, 6) is 1.53. The number of nitrogens with zero attached hydrogens (tertiary/aromatic N) is 6. The van der Waals surface area contributed by atoms with Crippen LogP contribution >= 0.6 is 0 Å². The zero-order chi connectivity index (χ0) is 33.5. The first-order chi connectivity index (χ1) is 25.3. The number of benzene rings is 6. The summed E-state index contributed by atoms with van der Waals surface area (Å²) in [7, 11) is 0. The van der Waals surface area contributed by atoms with Gasteiger partial charge in [0.1, 0.15) is 11.3 Å². The Morgan fingerprint density at radius 3 is 1.71 bits per heavy atom. The molecule has 5 aromatic heterocycles. The minimum atomic E-state index is 0.461. The van der Waals surface area contributed by atoms with Crippen LogP contribution in [0.25, 0.3) is 100 Å². The van der Waals surface area contributed by atoms with E-state index in [2.05, 4.69) is 106 Å². The first kappa shape index (κ1) is 27.8. The van der Waals surface area contributed by atoms with Gasteiger partial charge in [0.2, 0.25) is 11.7 Å². The van der Waals surface area contributed by atoms with E-state index in [1.165, 1.54) is 5.39 Å². The van der Waals surface area contributed by atoms with Crippen LogP contribution in [0.1, 0.15) is 0 Å². The SMILES string of the molecule is c1ccc(-c2nc(-c3ccc4c(n3)oc3ccccc34)nc(-n3c4ccccc4c4ccc5c6ccccc6n(-c6ccccc6)c5c43)n2)cc1. The molecule has 0 fully saturated rings. The molecule has 0 spiro atoms. The van der Waals surface area contributed by atoms with Crippen LogP contribution in [-0.4, -0.2) is 29.1 Å². The zero-order valence-electron chi connectivity index (χ0n) is 27.1. The quantitative estimate of drug-likeness (QED) is 0.189. The predicted molar refractivity (Wildman–Crippen MR) is 204 cm³/mol. The van der Waals surface area contributed by atoms with E-state index in [-0.39, 0.29) is 0 Å². The van der Waals surface area contributed by atoms with Crippen molar-refractivity contribution in [3.63, 3.8) is 0 Å². The largest absolute Gasteiger partial charge is 0.438 e. The van der Waals surface area contributed by atoms with Crippen LogP contribution in [0, 0.1) is 0 Å². The van der Waals surface area contributed by atoms with Crippen LogP contribution in [0.2, 0.25) is 0 Å². The molecule has 6 aromatic carbocycles. The highest BCUT2D eigenvalue weighted by molar-refractivity contribution is 6.23. The van der Waals surface area contributed by atoms with Gasteiger partial charge < -0.3 is 8.98 Å². The van der Waals surface area contributed by atoms with Crippen molar-refractivity contribution in [1.82, 2.24) is 29.1 Å². The van der Waals surface area contributed by atoms with Gasteiger partial charge in [0.05, 0.1) is 22.1 Å². The third-order valence-corrected chi connectivity index (χ3v) is 9.81. The van der Waals surface area contributed by atoms with Crippen molar-refractivity contribution in [2.75, 3.05) is 0 Å². The molecule has 5 heterocycles. The third-order valence-electron chi connectivity index (χ3n) is 9.81. The summed E-state index contributed by atoms with van der Waals surface area (Å²) in [5, 5.41) is 6.54. The lowest BCUT2D eigenvalue weighted by atomic mass is 10.1. The Morgan fingerprint density at radius 1 is 0.392 bits per heavy atom. The lowest BCUT2D eigenvalue weighted by molar-refractivity contribution is 0.654. The lowest BCUT2D eigenvalue weighted by Crippen LogP contribution is -2.07. The molecule has 0 saturated heterocycles. The molecular weight excluding hydrogens is 629 g/mol. The summed E-state index contributed by atoms with van der Waals surface area (Å²) in [4.78, 5) is 20.4. The van der Waals surface area contributed by atoms with Crippen molar-refractivity contribution in [3.05, 3.63) is 158 Å². The number of rotatable bonds is 4. The highest BCUT2D eigenvalue weighted by atomic mass is 16.3. The molecule has 11 rings (SSSR count). The Labute approximate surface area is 290 Å². The standard InChI is InChI=1S/C44H26N6O/c1-3-13-27(14-4-1)41-46-42(35-26-25-34-31-19-9-12-22-38(31)51-43(34)45-35)48-44(47-41)50-37-21-11-8-18-30(37)33-24-23-32-29-17-7-10-20-36(29)49(39(32)40(33)50)28-15-5-2-6-16-28/h1-26H. The first-order valence-corrected chi connectivity index (χ1v) is 16.9. The molecule has 0 saturated carbocycles. The first-order valence-electron chi connectivity index (χ1n) is 16.9. The van der Waals surface area contributed by atoms with Gasteiger partial charge in [-0.1, -0.05) is 115 Å². The van der Waals surface area contributed by atoms with Crippen LogP contribution in [0.15, 0.2) is 162 Å². The number of aromatic nitrogens is 6. The van der Waals surface area contributed by atoms with E-state index in [9.17, 15) is 0 Å². The Morgan fingerprint density at radius 2 is 0.961 bits per heavy atom. The van der Waals surface area contributed by atoms with Gasteiger partial charge in [0, 0.05) is 43.6 Å². The van der Waals surface area contributed by atoms with Crippen LogP contribution in [-0.2, 0) is 0 Å². The maximum atomic E-state index is 6.19. The number of fused-ring (bicyclic) bond motifs is 10. The van der Waals surface area contributed by atoms with Gasteiger partial charge in [-0.3, -0.25) is 4.57 Å². The molecule has 11 aromatic rings. The molecule has 0 radical (unpaired) electrons. The van der Waals surface area contributed by atoms with Gasteiger partial charge in [0.25, 0.3) is 0 Å². The van der Waals surface area contributed by atoms with Crippen molar-refractivity contribution in [1.29, 1.82) is 0 Å². The fraction of sp³-hybridized carbons (Fsp3) is 0. The molecule has 0 bridgehead atoms. The highest BCUT2D eigenvalue weighted by Gasteiger charge is 2.23. The second kappa shape index (κ2) is 10.7. The molecular formula is C44H26N6O. The summed E-state index contributed by atoms with van der Waals surface area (Å²) in [5.41, 5.74) is 8.14. The van der Waals surface area contributed by atoms with E-state index in [4.69, 9.17) is 24.4 Å². The monoisotopic (exact) mass is 654 g/mol. The molecule has 238 valence electrons. The number of hydrogen-bond acceptors (Lipinski definition) is 5. The molecule has 0 unspecified atom stereocenters. The summed E-state index contributed by atoms with van der Waals surface area (Å²) >= 11 is 0. The molecule has 0 amide bonds. The number of furan rings is 1. The number of hydrogen-bond donors (Lipinski definition) is 0. The molecule has 51 heavy (non-hydrogen) atoms. The van der Waals surface area contributed by atoms with Gasteiger partial charge in [-0.05, 0) is 42.5 Å². The Bertz CT molecular complexity index is 3140. The average Bonchev–Trinajstić information content (AvgIpc) is 3.86.